The smallest absolute Gasteiger partial charge is 0.0541 e. The average Bonchev–Trinajstić information content (AvgIpc) is 3.87. The highest BCUT2D eigenvalue weighted by Crippen LogP contribution is 2.53. The number of fused-ring (bicyclic) bond motifs is 11. The zero-order chi connectivity index (χ0) is 42.2. The van der Waals surface area contributed by atoms with E-state index in [0.717, 1.165) is 5.69 Å². The van der Waals surface area contributed by atoms with Gasteiger partial charge in [0.25, 0.3) is 0 Å². The van der Waals surface area contributed by atoms with Crippen molar-refractivity contribution in [2.75, 3.05) is 0 Å². The zero-order valence-corrected chi connectivity index (χ0v) is 36.0. The van der Waals surface area contributed by atoms with Crippen molar-refractivity contribution in [2.24, 2.45) is 0 Å². The molecule has 2 aliphatic carbocycles. The van der Waals surface area contributed by atoms with Crippen LogP contribution in [-0.2, 0) is 10.8 Å². The molecule has 0 saturated carbocycles. The van der Waals surface area contributed by atoms with Crippen LogP contribution in [0.2, 0.25) is 0 Å². The van der Waals surface area contributed by atoms with Crippen LogP contribution in [0.15, 0.2) is 200 Å². The number of hydrogen-bond donors (Lipinski definition) is 0. The van der Waals surface area contributed by atoms with E-state index in [9.17, 15) is 0 Å². The molecule has 1 aromatic heterocycles. The number of hydrogen-bond acceptors (Lipinski definition) is 0. The molecule has 0 bridgehead atoms. The summed E-state index contributed by atoms with van der Waals surface area (Å²) in [4.78, 5) is 0. The van der Waals surface area contributed by atoms with Crippen LogP contribution in [0, 0.1) is 0 Å². The van der Waals surface area contributed by atoms with Crippen LogP contribution in [0.4, 0.5) is 0 Å². The topological polar surface area (TPSA) is 4.93 Å². The Bertz CT molecular complexity index is 3670. The monoisotopic (exact) mass is 803 g/mol. The molecule has 0 N–H and O–H groups in total. The molecule has 10 aromatic carbocycles. The van der Waals surface area contributed by atoms with Gasteiger partial charge in [0.05, 0.1) is 11.0 Å². The molecule has 13 rings (SSSR count). The molecule has 11 aromatic rings. The summed E-state index contributed by atoms with van der Waals surface area (Å²) in [6.45, 7) is 9.53. The highest BCUT2D eigenvalue weighted by Gasteiger charge is 2.37. The Morgan fingerprint density at radius 2 is 0.683 bits per heavy atom. The largest absolute Gasteiger partial charge is 0.309 e. The lowest BCUT2D eigenvalue weighted by molar-refractivity contribution is 0.660. The molecule has 298 valence electrons. The van der Waals surface area contributed by atoms with Crippen molar-refractivity contribution in [1.29, 1.82) is 0 Å². The van der Waals surface area contributed by atoms with Crippen LogP contribution >= 0.6 is 0 Å². The fourth-order valence-corrected chi connectivity index (χ4v) is 11.7. The first-order valence-electron chi connectivity index (χ1n) is 22.3. The van der Waals surface area contributed by atoms with Crippen molar-refractivity contribution >= 4 is 43.4 Å². The van der Waals surface area contributed by atoms with Crippen molar-refractivity contribution < 1.29 is 0 Å². The van der Waals surface area contributed by atoms with Crippen LogP contribution in [0.25, 0.3) is 105 Å². The summed E-state index contributed by atoms with van der Waals surface area (Å²) in [5.41, 5.74) is 21.9. The standard InChI is InChI=1S/C62H45N/c1-61(2)53-21-11-7-15-43(53)45-32-28-40(36-55(45)61)59-49-19-5-6-20-50(49)60(41-29-33-46-44-16-8-12-22-54(44)62(3,4)56(46)37-41)52-35-39(27-34-51(52)59)38-25-30-42(31-26-38)63-57-23-13-9-17-47(57)48-18-10-14-24-58(48)63/h5-37H,1-4H3. The normalized spacial score (nSPS) is 14.3. The lowest BCUT2D eigenvalue weighted by Gasteiger charge is -2.24. The van der Waals surface area contributed by atoms with Crippen LogP contribution in [0.3, 0.4) is 0 Å². The molecular weight excluding hydrogens is 759 g/mol. The summed E-state index contributed by atoms with van der Waals surface area (Å²) < 4.78 is 2.40. The number of para-hydroxylation sites is 2. The van der Waals surface area contributed by atoms with E-state index in [4.69, 9.17) is 0 Å². The maximum Gasteiger partial charge on any atom is 0.0541 e. The van der Waals surface area contributed by atoms with Crippen LogP contribution in [0.1, 0.15) is 49.9 Å². The first-order valence-corrected chi connectivity index (χ1v) is 22.3. The minimum absolute atomic E-state index is 0.0964. The van der Waals surface area contributed by atoms with E-state index >= 15 is 0 Å². The Morgan fingerprint density at radius 1 is 0.286 bits per heavy atom. The molecule has 1 nitrogen and oxygen atoms in total. The van der Waals surface area contributed by atoms with E-state index in [1.807, 2.05) is 0 Å². The van der Waals surface area contributed by atoms with Gasteiger partial charge in [-0.2, -0.15) is 0 Å². The van der Waals surface area contributed by atoms with Gasteiger partial charge >= 0.3 is 0 Å². The average molecular weight is 804 g/mol. The van der Waals surface area contributed by atoms with Crippen LogP contribution in [0.5, 0.6) is 0 Å². The molecule has 0 atom stereocenters. The van der Waals surface area contributed by atoms with Gasteiger partial charge in [-0.25, -0.2) is 0 Å². The van der Waals surface area contributed by atoms with Crippen molar-refractivity contribution in [3.8, 4) is 61.3 Å². The van der Waals surface area contributed by atoms with Gasteiger partial charge in [0.15, 0.2) is 0 Å². The Hall–Kier alpha value is -7.48. The summed E-state index contributed by atoms with van der Waals surface area (Å²) in [5, 5.41) is 7.64. The second-order valence-electron chi connectivity index (χ2n) is 18.8. The van der Waals surface area contributed by atoms with Gasteiger partial charge in [0.2, 0.25) is 0 Å². The van der Waals surface area contributed by atoms with Gasteiger partial charge in [-0.3, -0.25) is 0 Å². The minimum atomic E-state index is -0.106. The summed E-state index contributed by atoms with van der Waals surface area (Å²) in [6, 6.07) is 75.4. The maximum absolute atomic E-state index is 2.50. The first kappa shape index (κ1) is 36.2. The number of aromatic nitrogens is 1. The Morgan fingerprint density at radius 3 is 1.22 bits per heavy atom. The second-order valence-corrected chi connectivity index (χ2v) is 18.8. The van der Waals surface area contributed by atoms with E-state index < -0.39 is 0 Å². The second kappa shape index (κ2) is 13.0. The third-order valence-corrected chi connectivity index (χ3v) is 14.8. The predicted octanol–water partition coefficient (Wildman–Crippen LogP) is 16.7. The Kier molecular flexibility index (Phi) is 7.48. The molecule has 0 spiro atoms. The zero-order valence-electron chi connectivity index (χ0n) is 36.0. The molecule has 0 saturated heterocycles. The van der Waals surface area contributed by atoms with Gasteiger partial charge in [-0.15, -0.1) is 0 Å². The van der Waals surface area contributed by atoms with Crippen LogP contribution < -0.4 is 0 Å². The summed E-state index contributed by atoms with van der Waals surface area (Å²) in [6.07, 6.45) is 0. The van der Waals surface area contributed by atoms with Crippen molar-refractivity contribution in [3.63, 3.8) is 0 Å². The summed E-state index contributed by atoms with van der Waals surface area (Å²) in [5.74, 6) is 0. The van der Waals surface area contributed by atoms with E-state index in [1.54, 1.807) is 0 Å². The fourth-order valence-electron chi connectivity index (χ4n) is 11.7. The lowest BCUT2D eigenvalue weighted by Crippen LogP contribution is -2.15. The van der Waals surface area contributed by atoms with Crippen molar-refractivity contribution in [2.45, 2.75) is 38.5 Å². The maximum atomic E-state index is 2.50. The predicted molar refractivity (Wildman–Crippen MR) is 267 cm³/mol. The van der Waals surface area contributed by atoms with Crippen molar-refractivity contribution in [1.82, 2.24) is 4.57 Å². The number of benzene rings is 10. The molecule has 0 radical (unpaired) electrons. The van der Waals surface area contributed by atoms with E-state index in [1.165, 1.54) is 121 Å². The van der Waals surface area contributed by atoms with E-state index in [0.29, 0.717) is 0 Å². The molecule has 0 unspecified atom stereocenters. The molecular formula is C62H45N. The highest BCUT2D eigenvalue weighted by molar-refractivity contribution is 6.22. The van der Waals surface area contributed by atoms with E-state index in [2.05, 4.69) is 232 Å². The third-order valence-electron chi connectivity index (χ3n) is 14.8. The highest BCUT2D eigenvalue weighted by atomic mass is 15.0. The van der Waals surface area contributed by atoms with Gasteiger partial charge in [0.1, 0.15) is 0 Å². The van der Waals surface area contributed by atoms with Gasteiger partial charge in [-0.1, -0.05) is 185 Å². The summed E-state index contributed by atoms with van der Waals surface area (Å²) in [7, 11) is 0. The molecule has 2 aliphatic rings. The molecule has 1 heterocycles. The molecule has 1 heteroatoms. The minimum Gasteiger partial charge on any atom is -0.309 e. The summed E-state index contributed by atoms with van der Waals surface area (Å²) >= 11 is 0. The lowest BCUT2D eigenvalue weighted by atomic mass is 9.79. The SMILES string of the molecule is CC1(C)c2ccccc2-c2ccc(-c3c4ccccc4c(-c4ccc5c(c4)C(C)(C)c4ccccc4-5)c4cc(-c5ccc(-n6c7ccccc7c7ccccc76)cc5)ccc34)cc21. The van der Waals surface area contributed by atoms with Gasteiger partial charge < -0.3 is 4.57 Å². The Labute approximate surface area is 368 Å². The van der Waals surface area contributed by atoms with Gasteiger partial charge in [0, 0.05) is 27.3 Å². The molecule has 0 amide bonds. The molecule has 0 fully saturated rings. The first-order chi connectivity index (χ1) is 30.8. The number of nitrogens with zero attached hydrogens (tertiary/aromatic N) is 1. The third kappa shape index (κ3) is 5.05. The van der Waals surface area contributed by atoms with Gasteiger partial charge in [-0.05, 0) is 142 Å². The Balaban J connectivity index is 1.04. The molecule has 63 heavy (non-hydrogen) atoms. The number of rotatable bonds is 4. The van der Waals surface area contributed by atoms with Crippen LogP contribution in [-0.4, -0.2) is 4.57 Å². The van der Waals surface area contributed by atoms with E-state index in [-0.39, 0.29) is 10.8 Å². The molecule has 0 aliphatic heterocycles. The fraction of sp³-hybridized carbons (Fsp3) is 0.0968. The van der Waals surface area contributed by atoms with Crippen molar-refractivity contribution in [3.05, 3.63) is 222 Å². The quantitative estimate of drug-likeness (QED) is 0.156.